The highest BCUT2D eigenvalue weighted by Crippen LogP contribution is 2.36. The zero-order chi connectivity index (χ0) is 16.4. The van der Waals surface area contributed by atoms with Crippen molar-refractivity contribution >= 4 is 5.82 Å². The third-order valence-electron chi connectivity index (χ3n) is 4.23. The molecule has 0 atom stereocenters. The first kappa shape index (κ1) is 15.9. The van der Waals surface area contributed by atoms with Gasteiger partial charge in [-0.2, -0.15) is 5.10 Å². The molecule has 1 aromatic heterocycles. The molecule has 0 saturated carbocycles. The lowest BCUT2D eigenvalue weighted by molar-refractivity contribution is 0.338. The molecule has 1 aliphatic rings. The predicted octanol–water partition coefficient (Wildman–Crippen LogP) is 4.32. The first-order valence-electron chi connectivity index (χ1n) is 8.61. The highest BCUT2D eigenvalue weighted by atomic mass is 16.5. The minimum Gasteiger partial charge on any atom is -0.492 e. The molecular formula is C19H27N3O. The summed E-state index contributed by atoms with van der Waals surface area (Å²) in [5, 5.41) is 8.59. The molecule has 0 fully saturated rings. The van der Waals surface area contributed by atoms with Crippen molar-refractivity contribution in [2.45, 2.75) is 52.4 Å². The minimum atomic E-state index is 0.0297. The van der Waals surface area contributed by atoms with E-state index >= 15 is 0 Å². The maximum absolute atomic E-state index is 5.82. The molecule has 2 heterocycles. The highest BCUT2D eigenvalue weighted by Gasteiger charge is 2.28. The van der Waals surface area contributed by atoms with E-state index in [9.17, 15) is 0 Å². The van der Waals surface area contributed by atoms with E-state index in [1.807, 2.05) is 29.8 Å². The van der Waals surface area contributed by atoms with Crippen molar-refractivity contribution in [2.24, 2.45) is 0 Å². The summed E-state index contributed by atoms with van der Waals surface area (Å²) in [6, 6.07) is 8.14. The second kappa shape index (κ2) is 6.26. The van der Waals surface area contributed by atoms with Gasteiger partial charge in [0.25, 0.3) is 0 Å². The van der Waals surface area contributed by atoms with E-state index in [1.165, 1.54) is 24.1 Å². The highest BCUT2D eigenvalue weighted by molar-refractivity contribution is 5.58. The van der Waals surface area contributed by atoms with Crippen molar-refractivity contribution < 1.29 is 4.74 Å². The van der Waals surface area contributed by atoms with Crippen molar-refractivity contribution in [3.63, 3.8) is 0 Å². The van der Waals surface area contributed by atoms with E-state index < -0.39 is 0 Å². The maximum Gasteiger partial charge on any atom is 0.145 e. The van der Waals surface area contributed by atoms with E-state index in [0.717, 1.165) is 30.2 Å². The van der Waals surface area contributed by atoms with Gasteiger partial charge in [-0.25, -0.2) is 4.68 Å². The summed E-state index contributed by atoms with van der Waals surface area (Å²) >= 11 is 0. The van der Waals surface area contributed by atoms with Crippen molar-refractivity contribution in [1.82, 2.24) is 9.78 Å². The van der Waals surface area contributed by atoms with Gasteiger partial charge in [0.1, 0.15) is 17.3 Å². The number of anilines is 1. The summed E-state index contributed by atoms with van der Waals surface area (Å²) < 4.78 is 7.87. The Morgan fingerprint density at radius 2 is 2.00 bits per heavy atom. The number of nitrogens with zero attached hydrogens (tertiary/aromatic N) is 2. The summed E-state index contributed by atoms with van der Waals surface area (Å²) in [7, 11) is 0. The Morgan fingerprint density at radius 1 is 1.22 bits per heavy atom. The molecule has 0 unspecified atom stereocenters. The van der Waals surface area contributed by atoms with Crippen LogP contribution in [0.15, 0.2) is 24.3 Å². The number of hydrogen-bond donors (Lipinski definition) is 1. The van der Waals surface area contributed by atoms with E-state index in [2.05, 4.69) is 32.2 Å². The van der Waals surface area contributed by atoms with Crippen molar-refractivity contribution in [1.29, 1.82) is 0 Å². The van der Waals surface area contributed by atoms with E-state index in [1.54, 1.807) is 0 Å². The molecule has 0 amide bonds. The summed E-state index contributed by atoms with van der Waals surface area (Å²) in [6.07, 6.45) is 3.50. The fourth-order valence-corrected chi connectivity index (χ4v) is 3.19. The number of hydrogen-bond acceptors (Lipinski definition) is 3. The number of ether oxygens (including phenoxy) is 1. The number of fused-ring (bicyclic) bond motifs is 1. The summed E-state index contributed by atoms with van der Waals surface area (Å²) in [5.41, 5.74) is 3.59. The van der Waals surface area contributed by atoms with Gasteiger partial charge in [-0.05, 0) is 38.3 Å². The van der Waals surface area contributed by atoms with Gasteiger partial charge in [0.15, 0.2) is 0 Å². The Bertz CT molecular complexity index is 682. The topological polar surface area (TPSA) is 39.1 Å². The number of nitrogens with one attached hydrogen (secondary N) is 1. The number of benzene rings is 1. The van der Waals surface area contributed by atoms with Crippen LogP contribution in [0.25, 0.3) is 5.69 Å². The van der Waals surface area contributed by atoms with Crippen LogP contribution in [0.5, 0.6) is 5.75 Å². The smallest absolute Gasteiger partial charge is 0.145 e. The second-order valence-electron chi connectivity index (χ2n) is 7.12. The number of rotatable bonds is 3. The predicted molar refractivity (Wildman–Crippen MR) is 94.9 cm³/mol. The van der Waals surface area contributed by atoms with Gasteiger partial charge < -0.3 is 10.1 Å². The zero-order valence-electron chi connectivity index (χ0n) is 14.6. The molecule has 23 heavy (non-hydrogen) atoms. The molecule has 4 heteroatoms. The second-order valence-corrected chi connectivity index (χ2v) is 7.12. The molecule has 1 aliphatic heterocycles. The van der Waals surface area contributed by atoms with E-state index in [4.69, 9.17) is 9.84 Å². The van der Waals surface area contributed by atoms with Crippen LogP contribution in [-0.2, 0) is 11.8 Å². The summed E-state index contributed by atoms with van der Waals surface area (Å²) in [6.45, 7) is 10.4. The van der Waals surface area contributed by atoms with E-state index in [-0.39, 0.29) is 5.41 Å². The van der Waals surface area contributed by atoms with Gasteiger partial charge in [0.2, 0.25) is 0 Å². The molecule has 2 aromatic rings. The largest absolute Gasteiger partial charge is 0.492 e. The minimum absolute atomic E-state index is 0.0297. The lowest BCUT2D eigenvalue weighted by Gasteiger charge is -2.17. The van der Waals surface area contributed by atoms with Gasteiger partial charge in [0.05, 0.1) is 12.3 Å². The Morgan fingerprint density at radius 3 is 2.74 bits per heavy atom. The maximum atomic E-state index is 5.82. The molecule has 1 N–H and O–H groups in total. The Labute approximate surface area is 138 Å². The molecule has 0 radical (unpaired) electrons. The SMILES string of the molecule is CCOc1ccccc1-n1nc(C(C)(C)C)c2c1NCCCC2. The van der Waals surface area contributed by atoms with Crippen molar-refractivity contribution in [3.05, 3.63) is 35.5 Å². The van der Waals surface area contributed by atoms with Crippen LogP contribution < -0.4 is 10.1 Å². The van der Waals surface area contributed by atoms with Crippen LogP contribution in [0.3, 0.4) is 0 Å². The standard InChI is InChI=1S/C19H27N3O/c1-5-23-16-12-7-6-11-15(16)22-18-14(10-8-9-13-20-18)17(21-22)19(2,3)4/h6-7,11-12,20H,5,8-10,13H2,1-4H3. The Hall–Kier alpha value is -1.97. The molecular weight excluding hydrogens is 286 g/mol. The Kier molecular flexibility index (Phi) is 4.33. The molecule has 0 spiro atoms. The third-order valence-corrected chi connectivity index (χ3v) is 4.23. The molecule has 3 rings (SSSR count). The van der Waals surface area contributed by atoms with Crippen molar-refractivity contribution in [3.8, 4) is 11.4 Å². The first-order chi connectivity index (χ1) is 11.0. The van der Waals surface area contributed by atoms with Gasteiger partial charge in [-0.1, -0.05) is 32.9 Å². The quantitative estimate of drug-likeness (QED) is 0.917. The van der Waals surface area contributed by atoms with Gasteiger partial charge in [-0.3, -0.25) is 0 Å². The van der Waals surface area contributed by atoms with Crippen LogP contribution in [0.1, 0.15) is 51.8 Å². The molecule has 1 aromatic carbocycles. The number of para-hydroxylation sites is 2. The Balaban J connectivity index is 2.18. The molecule has 4 nitrogen and oxygen atoms in total. The first-order valence-corrected chi connectivity index (χ1v) is 8.61. The number of aromatic nitrogens is 2. The van der Waals surface area contributed by atoms with Crippen LogP contribution in [-0.4, -0.2) is 22.9 Å². The average molecular weight is 313 g/mol. The van der Waals surface area contributed by atoms with Crippen molar-refractivity contribution in [2.75, 3.05) is 18.5 Å². The van der Waals surface area contributed by atoms with Gasteiger partial charge in [-0.15, -0.1) is 0 Å². The third kappa shape index (κ3) is 3.07. The monoisotopic (exact) mass is 313 g/mol. The molecule has 0 saturated heterocycles. The molecule has 0 aliphatic carbocycles. The fourth-order valence-electron chi connectivity index (χ4n) is 3.19. The molecule has 124 valence electrons. The summed E-state index contributed by atoms with van der Waals surface area (Å²) in [4.78, 5) is 0. The van der Waals surface area contributed by atoms with Gasteiger partial charge >= 0.3 is 0 Å². The average Bonchev–Trinajstić information content (AvgIpc) is 2.71. The van der Waals surface area contributed by atoms with Crippen LogP contribution in [0, 0.1) is 0 Å². The lowest BCUT2D eigenvalue weighted by atomic mass is 9.88. The van der Waals surface area contributed by atoms with Crippen LogP contribution in [0.2, 0.25) is 0 Å². The van der Waals surface area contributed by atoms with Crippen LogP contribution in [0.4, 0.5) is 5.82 Å². The lowest BCUT2D eigenvalue weighted by Crippen LogP contribution is -2.15. The van der Waals surface area contributed by atoms with Gasteiger partial charge in [0, 0.05) is 17.5 Å². The zero-order valence-corrected chi connectivity index (χ0v) is 14.6. The fraction of sp³-hybridized carbons (Fsp3) is 0.526. The molecule has 0 bridgehead atoms. The van der Waals surface area contributed by atoms with Crippen LogP contribution >= 0.6 is 0 Å². The summed E-state index contributed by atoms with van der Waals surface area (Å²) in [5.74, 6) is 2.02. The van der Waals surface area contributed by atoms with E-state index in [0.29, 0.717) is 6.61 Å². The normalized spacial score (nSPS) is 14.8.